The van der Waals surface area contributed by atoms with E-state index in [0.29, 0.717) is 14.3 Å². The monoisotopic (exact) mass is 422 g/mol. The largest absolute Gasteiger partial charge is 0.465 e. The molecule has 1 aliphatic heterocycles. The minimum atomic E-state index is -4.73. The molecule has 0 aliphatic carbocycles. The molecule has 10 heteroatoms. The number of hydrogen-bond acceptors (Lipinski definition) is 3. The Balaban J connectivity index is 2.26. The number of carbonyl (C=O) groups is 3. The van der Waals surface area contributed by atoms with Gasteiger partial charge in [0.1, 0.15) is 0 Å². The van der Waals surface area contributed by atoms with Gasteiger partial charge in [-0.15, -0.1) is 0 Å². The van der Waals surface area contributed by atoms with E-state index in [-0.39, 0.29) is 5.56 Å². The first kappa shape index (κ1) is 19.2. The number of hydrogen-bond donors (Lipinski definition) is 1. The molecule has 1 N–H and O–H groups in total. The van der Waals surface area contributed by atoms with Crippen LogP contribution in [0.5, 0.6) is 0 Å². The topological polar surface area (TPSA) is 77.9 Å². The lowest BCUT2D eigenvalue weighted by Gasteiger charge is -2.32. The van der Waals surface area contributed by atoms with Crippen LogP contribution in [0.15, 0.2) is 28.7 Å². The van der Waals surface area contributed by atoms with Gasteiger partial charge >= 0.3 is 12.3 Å². The lowest BCUT2D eigenvalue weighted by molar-refractivity contribution is -0.190. The van der Waals surface area contributed by atoms with E-state index in [4.69, 9.17) is 5.11 Å². The van der Waals surface area contributed by atoms with Crippen LogP contribution in [-0.2, 0) is 9.59 Å². The van der Waals surface area contributed by atoms with E-state index in [2.05, 4.69) is 15.9 Å². The Morgan fingerprint density at radius 3 is 2.32 bits per heavy atom. The normalized spacial score (nSPS) is 19.0. The van der Waals surface area contributed by atoms with Crippen LogP contribution < -0.4 is 0 Å². The minimum absolute atomic E-state index is 0.133. The van der Waals surface area contributed by atoms with Crippen molar-refractivity contribution < 1.29 is 32.7 Å². The van der Waals surface area contributed by atoms with Crippen LogP contribution in [0.1, 0.15) is 18.0 Å². The summed E-state index contributed by atoms with van der Waals surface area (Å²) in [4.78, 5) is 35.9. The van der Waals surface area contributed by atoms with Gasteiger partial charge in [-0.2, -0.15) is 13.2 Å². The Morgan fingerprint density at radius 1 is 1.32 bits per heavy atom. The first-order valence-electron chi connectivity index (χ1n) is 7.14. The first-order valence-corrected chi connectivity index (χ1v) is 7.93. The highest BCUT2D eigenvalue weighted by molar-refractivity contribution is 9.10. The smallest absolute Gasteiger partial charge is 0.414 e. The van der Waals surface area contributed by atoms with E-state index in [0.717, 1.165) is 7.05 Å². The molecule has 1 heterocycles. The van der Waals surface area contributed by atoms with Gasteiger partial charge in [-0.25, -0.2) is 9.69 Å². The average molecular weight is 423 g/mol. The van der Waals surface area contributed by atoms with Crippen molar-refractivity contribution in [1.29, 1.82) is 0 Å². The molecule has 0 unspecified atom stereocenters. The SMILES string of the molecule is CN(C(=O)[C@@H]1CC(=O)N(C(=O)O)C1)[C@@H](c1ccc(Br)cc1)C(F)(F)F. The number of halogens is 4. The lowest BCUT2D eigenvalue weighted by atomic mass is 10.0. The van der Waals surface area contributed by atoms with Crippen molar-refractivity contribution in [2.45, 2.75) is 18.6 Å². The lowest BCUT2D eigenvalue weighted by Crippen LogP contribution is -2.43. The fraction of sp³-hybridized carbons (Fsp3) is 0.400. The number of imide groups is 1. The summed E-state index contributed by atoms with van der Waals surface area (Å²) in [6.45, 7) is -0.442. The number of carboxylic acid groups (broad SMARTS) is 1. The molecule has 6 nitrogen and oxygen atoms in total. The number of alkyl halides is 3. The van der Waals surface area contributed by atoms with E-state index in [1.807, 2.05) is 0 Å². The van der Waals surface area contributed by atoms with Gasteiger partial charge in [-0.1, -0.05) is 28.1 Å². The molecule has 2 atom stereocenters. The Labute approximate surface area is 149 Å². The molecule has 1 saturated heterocycles. The first-order chi connectivity index (χ1) is 11.5. The summed E-state index contributed by atoms with van der Waals surface area (Å²) in [5.41, 5.74) is -0.133. The van der Waals surface area contributed by atoms with E-state index >= 15 is 0 Å². The van der Waals surface area contributed by atoms with Crippen LogP contribution in [0.3, 0.4) is 0 Å². The predicted molar refractivity (Wildman–Crippen MR) is 83.6 cm³/mol. The maximum absolute atomic E-state index is 13.5. The molecule has 3 amide bonds. The molecule has 25 heavy (non-hydrogen) atoms. The third-order valence-corrected chi connectivity index (χ3v) is 4.46. The van der Waals surface area contributed by atoms with Crippen molar-refractivity contribution in [2.75, 3.05) is 13.6 Å². The van der Waals surface area contributed by atoms with Gasteiger partial charge in [0.2, 0.25) is 11.8 Å². The average Bonchev–Trinajstić information content (AvgIpc) is 2.89. The predicted octanol–water partition coefficient (Wildman–Crippen LogP) is 3.04. The number of nitrogens with zero attached hydrogens (tertiary/aromatic N) is 2. The van der Waals surface area contributed by atoms with E-state index < -0.39 is 49.0 Å². The standard InChI is InChI=1S/C15H14BrF3N2O4/c1-20(13(23)9-6-11(22)21(7-9)14(24)25)12(15(17,18)19)8-2-4-10(16)5-3-8/h2-5,9,12H,6-7H2,1H3,(H,24,25)/t9-,12+/m1/s1. The molecule has 136 valence electrons. The Bertz CT molecular complexity index is 693. The van der Waals surface area contributed by atoms with Gasteiger partial charge in [0, 0.05) is 24.5 Å². The van der Waals surface area contributed by atoms with Gasteiger partial charge in [-0.3, -0.25) is 9.59 Å². The summed E-state index contributed by atoms with van der Waals surface area (Å²) in [5.74, 6) is -2.86. The highest BCUT2D eigenvalue weighted by atomic mass is 79.9. The summed E-state index contributed by atoms with van der Waals surface area (Å²) < 4.78 is 41.1. The number of benzene rings is 1. The summed E-state index contributed by atoms with van der Waals surface area (Å²) in [6.07, 6.45) is -6.68. The molecule has 1 fully saturated rings. The van der Waals surface area contributed by atoms with Gasteiger partial charge in [0.05, 0.1) is 5.92 Å². The molecular weight excluding hydrogens is 409 g/mol. The van der Waals surface area contributed by atoms with Crippen LogP contribution in [0.2, 0.25) is 0 Å². The summed E-state index contributed by atoms with van der Waals surface area (Å²) in [7, 11) is 0.996. The zero-order valence-electron chi connectivity index (χ0n) is 13.0. The van der Waals surface area contributed by atoms with E-state index in [1.165, 1.54) is 24.3 Å². The Kier molecular flexibility index (Phi) is 5.40. The maximum Gasteiger partial charge on any atom is 0.414 e. The van der Waals surface area contributed by atoms with Crippen LogP contribution in [0.4, 0.5) is 18.0 Å². The van der Waals surface area contributed by atoms with Crippen molar-refractivity contribution in [3.05, 3.63) is 34.3 Å². The number of amides is 3. The maximum atomic E-state index is 13.5. The van der Waals surface area contributed by atoms with Crippen LogP contribution >= 0.6 is 15.9 Å². The van der Waals surface area contributed by atoms with Crippen LogP contribution in [0, 0.1) is 5.92 Å². The molecule has 1 aromatic carbocycles. The summed E-state index contributed by atoms with van der Waals surface area (Å²) >= 11 is 3.13. The minimum Gasteiger partial charge on any atom is -0.465 e. The van der Waals surface area contributed by atoms with Crippen molar-refractivity contribution in [1.82, 2.24) is 9.80 Å². The van der Waals surface area contributed by atoms with Gasteiger partial charge < -0.3 is 10.0 Å². The Morgan fingerprint density at radius 2 is 1.88 bits per heavy atom. The number of likely N-dealkylation sites (tertiary alicyclic amines) is 1. The van der Waals surface area contributed by atoms with Crippen molar-refractivity contribution in [3.8, 4) is 0 Å². The third-order valence-electron chi connectivity index (χ3n) is 3.94. The molecule has 0 spiro atoms. The van der Waals surface area contributed by atoms with E-state index in [1.54, 1.807) is 0 Å². The highest BCUT2D eigenvalue weighted by Crippen LogP contribution is 2.38. The Hall–Kier alpha value is -2.10. The molecular formula is C15H14BrF3N2O4. The quantitative estimate of drug-likeness (QED) is 0.811. The van der Waals surface area contributed by atoms with Crippen molar-refractivity contribution in [3.63, 3.8) is 0 Å². The van der Waals surface area contributed by atoms with Crippen LogP contribution in [0.25, 0.3) is 0 Å². The zero-order chi connectivity index (χ0) is 18.9. The van der Waals surface area contributed by atoms with Gasteiger partial charge in [0.25, 0.3) is 0 Å². The van der Waals surface area contributed by atoms with Gasteiger partial charge in [0.15, 0.2) is 6.04 Å². The molecule has 0 bridgehead atoms. The van der Waals surface area contributed by atoms with Crippen molar-refractivity contribution >= 4 is 33.8 Å². The molecule has 2 rings (SSSR count). The second-order valence-corrected chi connectivity index (χ2v) is 6.55. The number of rotatable bonds is 3. The fourth-order valence-electron chi connectivity index (χ4n) is 2.75. The van der Waals surface area contributed by atoms with Crippen molar-refractivity contribution in [2.24, 2.45) is 5.92 Å². The zero-order valence-corrected chi connectivity index (χ0v) is 14.5. The fourth-order valence-corrected chi connectivity index (χ4v) is 3.01. The number of carbonyl (C=O) groups excluding carboxylic acids is 2. The second kappa shape index (κ2) is 7.03. The van der Waals surface area contributed by atoms with E-state index in [9.17, 15) is 27.6 Å². The highest BCUT2D eigenvalue weighted by Gasteiger charge is 2.48. The molecule has 0 aromatic heterocycles. The third kappa shape index (κ3) is 4.12. The molecule has 1 aliphatic rings. The molecule has 0 radical (unpaired) electrons. The second-order valence-electron chi connectivity index (χ2n) is 5.63. The summed E-state index contributed by atoms with van der Waals surface area (Å²) in [5, 5.41) is 8.86. The molecule has 1 aromatic rings. The molecule has 0 saturated carbocycles. The summed E-state index contributed by atoms with van der Waals surface area (Å²) in [6, 6.07) is 3.15. The van der Waals surface area contributed by atoms with Gasteiger partial charge in [-0.05, 0) is 17.7 Å². The van der Waals surface area contributed by atoms with Crippen LogP contribution in [-0.4, -0.2) is 52.6 Å².